The molecule has 1 amide bonds. The standard InChI is InChI=1S/C17H28N4O3S/c1-11(2)14-6-8-15(9-7-14)18-16(22)10-21(5)25(23,24)17-12(3)19-20-13(17)4/h6-9,11-13,17,19-20H,10H2,1-5H3,(H,18,22). The highest BCUT2D eigenvalue weighted by Gasteiger charge is 2.42. The molecule has 25 heavy (non-hydrogen) atoms. The van der Waals surface area contributed by atoms with Crippen LogP contribution in [0.4, 0.5) is 5.69 Å². The molecule has 1 aliphatic heterocycles. The van der Waals surface area contributed by atoms with Crippen LogP contribution in [0, 0.1) is 0 Å². The fourth-order valence-electron chi connectivity index (χ4n) is 3.03. The van der Waals surface area contributed by atoms with Gasteiger partial charge in [-0.1, -0.05) is 26.0 Å². The maximum absolute atomic E-state index is 12.7. The van der Waals surface area contributed by atoms with Crippen LogP contribution in [0.2, 0.25) is 0 Å². The minimum Gasteiger partial charge on any atom is -0.325 e. The van der Waals surface area contributed by atoms with Gasteiger partial charge >= 0.3 is 0 Å². The van der Waals surface area contributed by atoms with Crippen LogP contribution in [0.15, 0.2) is 24.3 Å². The van der Waals surface area contributed by atoms with Crippen molar-refractivity contribution in [2.45, 2.75) is 50.9 Å². The number of carbonyl (C=O) groups is 1. The van der Waals surface area contributed by atoms with Crippen molar-refractivity contribution in [2.24, 2.45) is 0 Å². The van der Waals surface area contributed by atoms with Gasteiger partial charge in [-0.3, -0.25) is 15.6 Å². The van der Waals surface area contributed by atoms with E-state index in [2.05, 4.69) is 30.0 Å². The Hall–Kier alpha value is -1.48. The van der Waals surface area contributed by atoms with Crippen LogP contribution in [-0.2, 0) is 14.8 Å². The van der Waals surface area contributed by atoms with Gasteiger partial charge in [0.05, 0.1) is 6.54 Å². The molecule has 1 aromatic carbocycles. The Balaban J connectivity index is 1.99. The fraction of sp³-hybridized carbons (Fsp3) is 0.588. The molecular formula is C17H28N4O3S. The number of hydrazine groups is 1. The number of rotatable bonds is 6. The van der Waals surface area contributed by atoms with Gasteiger partial charge in [0.2, 0.25) is 15.9 Å². The van der Waals surface area contributed by atoms with Crippen molar-refractivity contribution >= 4 is 21.6 Å². The van der Waals surface area contributed by atoms with Crippen molar-refractivity contribution < 1.29 is 13.2 Å². The number of nitrogens with zero attached hydrogens (tertiary/aromatic N) is 1. The molecule has 0 spiro atoms. The summed E-state index contributed by atoms with van der Waals surface area (Å²) in [7, 11) is -2.16. The van der Waals surface area contributed by atoms with Gasteiger partial charge in [0.15, 0.2) is 0 Å². The molecular weight excluding hydrogens is 340 g/mol. The summed E-state index contributed by atoms with van der Waals surface area (Å²) in [6, 6.07) is 7.12. The molecule has 1 aliphatic rings. The van der Waals surface area contributed by atoms with Gasteiger partial charge in [-0.2, -0.15) is 4.31 Å². The molecule has 0 aliphatic carbocycles. The normalized spacial score (nSPS) is 24.0. The first kappa shape index (κ1) is 19.8. The summed E-state index contributed by atoms with van der Waals surface area (Å²) < 4.78 is 26.6. The molecule has 1 fully saturated rings. The van der Waals surface area contributed by atoms with E-state index in [-0.39, 0.29) is 24.5 Å². The lowest BCUT2D eigenvalue weighted by molar-refractivity contribution is -0.116. The third-order valence-corrected chi connectivity index (χ3v) is 7.03. The van der Waals surface area contributed by atoms with E-state index in [0.29, 0.717) is 11.6 Å². The Morgan fingerprint density at radius 3 is 2.16 bits per heavy atom. The van der Waals surface area contributed by atoms with Crippen molar-refractivity contribution in [1.82, 2.24) is 15.2 Å². The van der Waals surface area contributed by atoms with Gasteiger partial charge in [0, 0.05) is 24.8 Å². The van der Waals surface area contributed by atoms with E-state index >= 15 is 0 Å². The lowest BCUT2D eigenvalue weighted by atomic mass is 10.0. The number of benzene rings is 1. The summed E-state index contributed by atoms with van der Waals surface area (Å²) >= 11 is 0. The van der Waals surface area contributed by atoms with E-state index in [9.17, 15) is 13.2 Å². The number of sulfonamides is 1. The van der Waals surface area contributed by atoms with Crippen molar-refractivity contribution in [1.29, 1.82) is 0 Å². The van der Waals surface area contributed by atoms with E-state index < -0.39 is 15.3 Å². The van der Waals surface area contributed by atoms with Gasteiger partial charge in [0.25, 0.3) is 0 Å². The molecule has 2 rings (SSSR count). The summed E-state index contributed by atoms with van der Waals surface area (Å²) in [6.07, 6.45) is 0. The largest absolute Gasteiger partial charge is 0.325 e. The van der Waals surface area contributed by atoms with Crippen LogP contribution < -0.4 is 16.2 Å². The quantitative estimate of drug-likeness (QED) is 0.703. The fourth-order valence-corrected chi connectivity index (χ4v) is 4.91. The van der Waals surface area contributed by atoms with E-state index in [1.165, 1.54) is 12.6 Å². The molecule has 0 aromatic heterocycles. The zero-order valence-corrected chi connectivity index (χ0v) is 16.2. The second kappa shape index (κ2) is 7.82. The lowest BCUT2D eigenvalue weighted by Crippen LogP contribution is -2.47. The number of anilines is 1. The average Bonchev–Trinajstić information content (AvgIpc) is 2.87. The van der Waals surface area contributed by atoms with Crippen LogP contribution >= 0.6 is 0 Å². The Morgan fingerprint density at radius 2 is 1.68 bits per heavy atom. The molecule has 8 heteroatoms. The molecule has 1 aromatic rings. The molecule has 2 atom stereocenters. The molecule has 2 unspecified atom stereocenters. The molecule has 1 saturated heterocycles. The first-order valence-electron chi connectivity index (χ1n) is 8.49. The van der Waals surface area contributed by atoms with E-state index in [0.717, 1.165) is 4.31 Å². The highest BCUT2D eigenvalue weighted by molar-refractivity contribution is 7.89. The molecule has 0 bridgehead atoms. The predicted molar refractivity (Wildman–Crippen MR) is 99.7 cm³/mol. The monoisotopic (exact) mass is 368 g/mol. The van der Waals surface area contributed by atoms with E-state index in [1.54, 1.807) is 0 Å². The summed E-state index contributed by atoms with van der Waals surface area (Å²) in [4.78, 5) is 12.2. The minimum atomic E-state index is -3.59. The summed E-state index contributed by atoms with van der Waals surface area (Å²) in [5.74, 6) is 0.0567. The zero-order valence-electron chi connectivity index (χ0n) is 15.4. The topological polar surface area (TPSA) is 90.5 Å². The highest BCUT2D eigenvalue weighted by Crippen LogP contribution is 2.19. The average molecular weight is 369 g/mol. The second-order valence-electron chi connectivity index (χ2n) is 6.96. The minimum absolute atomic E-state index is 0.218. The van der Waals surface area contributed by atoms with Crippen molar-refractivity contribution in [3.8, 4) is 0 Å². The van der Waals surface area contributed by atoms with Crippen LogP contribution in [0.1, 0.15) is 39.2 Å². The Morgan fingerprint density at radius 1 is 1.16 bits per heavy atom. The zero-order chi connectivity index (χ0) is 18.8. The first-order valence-corrected chi connectivity index (χ1v) is 9.99. The summed E-state index contributed by atoms with van der Waals surface area (Å²) in [5, 5.41) is 2.13. The van der Waals surface area contributed by atoms with E-state index in [1.807, 2.05) is 38.1 Å². The van der Waals surface area contributed by atoms with Gasteiger partial charge in [-0.25, -0.2) is 8.42 Å². The van der Waals surface area contributed by atoms with Crippen LogP contribution in [0.3, 0.4) is 0 Å². The smallest absolute Gasteiger partial charge is 0.239 e. The third kappa shape index (κ3) is 4.58. The molecule has 3 N–H and O–H groups in total. The van der Waals surface area contributed by atoms with Crippen LogP contribution in [-0.4, -0.2) is 49.6 Å². The Bertz CT molecular complexity index is 693. The van der Waals surface area contributed by atoms with E-state index in [4.69, 9.17) is 0 Å². The number of nitrogens with one attached hydrogen (secondary N) is 3. The third-order valence-electron chi connectivity index (χ3n) is 4.53. The highest BCUT2D eigenvalue weighted by atomic mass is 32.2. The van der Waals surface area contributed by atoms with Crippen LogP contribution in [0.5, 0.6) is 0 Å². The maximum atomic E-state index is 12.7. The van der Waals surface area contributed by atoms with Crippen molar-refractivity contribution in [2.75, 3.05) is 18.9 Å². The molecule has 0 radical (unpaired) electrons. The molecule has 7 nitrogen and oxygen atoms in total. The Labute approximate surface area is 150 Å². The first-order chi connectivity index (χ1) is 11.6. The maximum Gasteiger partial charge on any atom is 0.239 e. The second-order valence-corrected chi connectivity index (χ2v) is 9.15. The predicted octanol–water partition coefficient (Wildman–Crippen LogP) is 1.26. The van der Waals surface area contributed by atoms with Gasteiger partial charge < -0.3 is 5.32 Å². The summed E-state index contributed by atoms with van der Waals surface area (Å²) in [6.45, 7) is 7.60. The SMILES string of the molecule is CC(C)c1ccc(NC(=O)CN(C)S(=O)(=O)C2C(C)NNC2C)cc1. The van der Waals surface area contributed by atoms with Crippen molar-refractivity contribution in [3.05, 3.63) is 29.8 Å². The Kier molecular flexibility index (Phi) is 6.21. The van der Waals surface area contributed by atoms with Crippen LogP contribution in [0.25, 0.3) is 0 Å². The number of carbonyl (C=O) groups excluding carboxylic acids is 1. The number of hydrogen-bond acceptors (Lipinski definition) is 5. The number of hydrogen-bond donors (Lipinski definition) is 3. The molecule has 1 heterocycles. The number of likely N-dealkylation sites (N-methyl/N-ethyl adjacent to an activating group) is 1. The molecule has 0 saturated carbocycles. The summed E-state index contributed by atoms with van der Waals surface area (Å²) in [5.41, 5.74) is 7.70. The number of amides is 1. The van der Waals surface area contributed by atoms with Crippen molar-refractivity contribution in [3.63, 3.8) is 0 Å². The van der Waals surface area contributed by atoms with Gasteiger partial charge in [0.1, 0.15) is 5.25 Å². The molecule has 140 valence electrons. The van der Waals surface area contributed by atoms with Gasteiger partial charge in [-0.15, -0.1) is 0 Å². The lowest BCUT2D eigenvalue weighted by Gasteiger charge is -2.25. The van der Waals surface area contributed by atoms with Gasteiger partial charge in [-0.05, 0) is 37.5 Å².